The predicted octanol–water partition coefficient (Wildman–Crippen LogP) is 4.54. The molecule has 1 N–H and O–H groups in total. The van der Waals surface area contributed by atoms with Crippen LogP contribution in [0, 0.1) is 23.2 Å². The van der Waals surface area contributed by atoms with E-state index >= 15 is 0 Å². The fraction of sp³-hybridized carbons (Fsp3) is 0.900. The van der Waals surface area contributed by atoms with Gasteiger partial charge in [0.25, 0.3) is 0 Å². The summed E-state index contributed by atoms with van der Waals surface area (Å²) >= 11 is 0. The monoisotopic (exact) mass is 324 g/mol. The van der Waals surface area contributed by atoms with Crippen LogP contribution in [-0.2, 0) is 9.47 Å². The van der Waals surface area contributed by atoms with Crippen molar-refractivity contribution in [2.75, 3.05) is 6.61 Å². The van der Waals surface area contributed by atoms with Crippen LogP contribution in [-0.4, -0.2) is 29.7 Å². The number of rotatable bonds is 5. The fourth-order valence-electron chi connectivity index (χ4n) is 4.16. The number of aliphatic hydroxyl groups excluding tert-OH is 1. The normalized spacial score (nSPS) is 37.1. The molecule has 5 atom stereocenters. The third kappa shape index (κ3) is 4.18. The van der Waals surface area contributed by atoms with Crippen LogP contribution in [0.25, 0.3) is 0 Å². The summed E-state index contributed by atoms with van der Waals surface area (Å²) in [4.78, 5) is 0. The molecule has 3 heteroatoms. The van der Waals surface area contributed by atoms with Gasteiger partial charge in [-0.15, -0.1) is 6.58 Å². The van der Waals surface area contributed by atoms with Gasteiger partial charge in [0.15, 0.2) is 5.79 Å². The Bertz CT molecular complexity index is 404. The highest BCUT2D eigenvalue weighted by Crippen LogP contribution is 2.47. The highest BCUT2D eigenvalue weighted by Gasteiger charge is 2.50. The number of ether oxygens (including phenoxy) is 2. The van der Waals surface area contributed by atoms with Crippen LogP contribution in [0.3, 0.4) is 0 Å². The molecule has 2 fully saturated rings. The molecule has 0 bridgehead atoms. The maximum Gasteiger partial charge on any atom is 0.171 e. The van der Waals surface area contributed by atoms with Crippen LogP contribution in [0.4, 0.5) is 0 Å². The average Bonchev–Trinajstić information content (AvgIpc) is 2.46. The summed E-state index contributed by atoms with van der Waals surface area (Å²) < 4.78 is 12.8. The summed E-state index contributed by atoms with van der Waals surface area (Å²) in [5.41, 5.74) is -0.286. The van der Waals surface area contributed by atoms with Crippen molar-refractivity contribution in [1.82, 2.24) is 0 Å². The van der Waals surface area contributed by atoms with Crippen molar-refractivity contribution in [2.24, 2.45) is 23.2 Å². The minimum atomic E-state index is -0.438. The molecule has 1 unspecified atom stereocenters. The van der Waals surface area contributed by atoms with E-state index in [1.54, 1.807) is 0 Å². The zero-order valence-corrected chi connectivity index (χ0v) is 15.7. The van der Waals surface area contributed by atoms with Crippen molar-refractivity contribution >= 4 is 0 Å². The van der Waals surface area contributed by atoms with E-state index in [1.165, 1.54) is 12.8 Å². The first-order valence-electron chi connectivity index (χ1n) is 9.33. The first-order valence-corrected chi connectivity index (χ1v) is 9.33. The summed E-state index contributed by atoms with van der Waals surface area (Å²) in [6.45, 7) is 15.5. The van der Waals surface area contributed by atoms with E-state index in [-0.39, 0.29) is 11.5 Å². The van der Waals surface area contributed by atoms with Gasteiger partial charge in [0, 0.05) is 24.2 Å². The molecule has 0 aromatic heterocycles. The van der Waals surface area contributed by atoms with Crippen LogP contribution >= 0.6 is 0 Å². The zero-order valence-electron chi connectivity index (χ0n) is 15.7. The van der Waals surface area contributed by atoms with Crippen molar-refractivity contribution in [3.05, 3.63) is 12.7 Å². The lowest BCUT2D eigenvalue weighted by Gasteiger charge is -2.51. The molecule has 134 valence electrons. The van der Waals surface area contributed by atoms with Crippen LogP contribution < -0.4 is 0 Å². The lowest BCUT2D eigenvalue weighted by atomic mass is 9.72. The van der Waals surface area contributed by atoms with E-state index in [9.17, 15) is 5.11 Å². The zero-order chi connectivity index (χ0) is 17.3. The maximum atomic E-state index is 10.6. The Morgan fingerprint density at radius 1 is 1.30 bits per heavy atom. The SMILES string of the molecule is C=CC(C)(C)[C@H](O)C[C@@H]1CCOC2(C[C@H](C)CC[C@H]2C(C)C)O1. The van der Waals surface area contributed by atoms with Crippen LogP contribution in [0.1, 0.15) is 66.7 Å². The second kappa shape index (κ2) is 7.25. The summed E-state index contributed by atoms with van der Waals surface area (Å²) in [6, 6.07) is 0. The molecule has 1 aliphatic heterocycles. The molecule has 1 aliphatic carbocycles. The minimum Gasteiger partial charge on any atom is -0.392 e. The Labute approximate surface area is 142 Å². The molecule has 0 radical (unpaired) electrons. The Balaban J connectivity index is 2.10. The molecular formula is C20H36O3. The highest BCUT2D eigenvalue weighted by atomic mass is 16.7. The third-order valence-corrected chi connectivity index (χ3v) is 6.00. The van der Waals surface area contributed by atoms with E-state index in [0.717, 1.165) is 19.4 Å². The summed E-state index contributed by atoms with van der Waals surface area (Å²) in [6.07, 6.45) is 6.41. The standard InChI is InChI=1S/C20H36O3/c1-7-19(5,6)18(21)12-16-10-11-22-20(23-16)13-15(4)8-9-17(20)14(2)3/h7,14-18,21H,1,8-13H2,2-6H3/t15-,16+,17+,18-,20?/m1/s1. The maximum absolute atomic E-state index is 10.6. The van der Waals surface area contributed by atoms with Crippen LogP contribution in [0.15, 0.2) is 12.7 Å². The van der Waals surface area contributed by atoms with Gasteiger partial charge in [-0.2, -0.15) is 0 Å². The van der Waals surface area contributed by atoms with Crippen LogP contribution in [0.2, 0.25) is 0 Å². The predicted molar refractivity (Wildman–Crippen MR) is 94.1 cm³/mol. The molecule has 1 heterocycles. The van der Waals surface area contributed by atoms with Gasteiger partial charge in [-0.25, -0.2) is 0 Å². The number of aliphatic hydroxyl groups is 1. The first-order chi connectivity index (χ1) is 10.7. The lowest BCUT2D eigenvalue weighted by molar-refractivity contribution is -0.341. The average molecular weight is 325 g/mol. The minimum absolute atomic E-state index is 0.0736. The molecular weight excluding hydrogens is 288 g/mol. The summed E-state index contributed by atoms with van der Waals surface area (Å²) in [5, 5.41) is 10.6. The Morgan fingerprint density at radius 3 is 2.61 bits per heavy atom. The molecule has 2 aliphatic rings. The molecule has 2 rings (SSSR count). The topological polar surface area (TPSA) is 38.7 Å². The molecule has 0 amide bonds. The third-order valence-electron chi connectivity index (χ3n) is 6.00. The van der Waals surface area contributed by atoms with E-state index in [2.05, 4.69) is 27.4 Å². The molecule has 0 aromatic rings. The van der Waals surface area contributed by atoms with Crippen molar-refractivity contribution in [1.29, 1.82) is 0 Å². The van der Waals surface area contributed by atoms with Gasteiger partial charge in [-0.05, 0) is 24.7 Å². The summed E-state index contributed by atoms with van der Waals surface area (Å²) in [5.74, 6) is 1.20. The van der Waals surface area contributed by atoms with Crippen molar-refractivity contribution in [3.63, 3.8) is 0 Å². The fourth-order valence-corrected chi connectivity index (χ4v) is 4.16. The van der Waals surface area contributed by atoms with Gasteiger partial charge in [-0.1, -0.05) is 47.1 Å². The first kappa shape index (κ1) is 19.0. The van der Waals surface area contributed by atoms with E-state index in [4.69, 9.17) is 9.47 Å². The molecule has 3 nitrogen and oxygen atoms in total. The van der Waals surface area contributed by atoms with Gasteiger partial charge in [0.1, 0.15) is 0 Å². The van der Waals surface area contributed by atoms with Gasteiger partial charge >= 0.3 is 0 Å². The second-order valence-corrected chi connectivity index (χ2v) is 8.70. The second-order valence-electron chi connectivity index (χ2n) is 8.70. The number of hydrogen-bond donors (Lipinski definition) is 1. The molecule has 1 saturated heterocycles. The number of hydrogen-bond acceptors (Lipinski definition) is 3. The molecule has 1 saturated carbocycles. The van der Waals surface area contributed by atoms with Crippen LogP contribution in [0.5, 0.6) is 0 Å². The van der Waals surface area contributed by atoms with E-state index in [1.807, 2.05) is 19.9 Å². The Kier molecular flexibility index (Phi) is 5.97. The van der Waals surface area contributed by atoms with Gasteiger partial charge in [0.2, 0.25) is 0 Å². The molecule has 23 heavy (non-hydrogen) atoms. The summed E-state index contributed by atoms with van der Waals surface area (Å²) in [7, 11) is 0. The van der Waals surface area contributed by atoms with E-state index in [0.29, 0.717) is 24.2 Å². The van der Waals surface area contributed by atoms with Gasteiger partial charge in [-0.3, -0.25) is 0 Å². The van der Waals surface area contributed by atoms with Gasteiger partial charge in [0.05, 0.1) is 18.8 Å². The molecule has 0 aromatic carbocycles. The smallest absolute Gasteiger partial charge is 0.171 e. The Morgan fingerprint density at radius 2 is 2.00 bits per heavy atom. The quantitative estimate of drug-likeness (QED) is 0.754. The Hall–Kier alpha value is -0.380. The molecule has 1 spiro atoms. The van der Waals surface area contributed by atoms with Gasteiger partial charge < -0.3 is 14.6 Å². The van der Waals surface area contributed by atoms with Crippen molar-refractivity contribution in [3.8, 4) is 0 Å². The van der Waals surface area contributed by atoms with Crippen molar-refractivity contribution in [2.45, 2.75) is 84.7 Å². The lowest BCUT2D eigenvalue weighted by Crippen LogP contribution is -2.55. The largest absolute Gasteiger partial charge is 0.392 e. The van der Waals surface area contributed by atoms with Crippen molar-refractivity contribution < 1.29 is 14.6 Å². The van der Waals surface area contributed by atoms with E-state index < -0.39 is 11.9 Å². The highest BCUT2D eigenvalue weighted by molar-refractivity contribution is 4.96.